The predicted octanol–water partition coefficient (Wildman–Crippen LogP) is 0.792. The lowest BCUT2D eigenvalue weighted by Gasteiger charge is -2.09. The maximum atomic E-state index is 10.7. The number of carbonyl (C=O) groups excluding carboxylic acids is 1. The first-order chi connectivity index (χ1) is 8.67. The van der Waals surface area contributed by atoms with Crippen LogP contribution in [-0.4, -0.2) is 33.2 Å². The van der Waals surface area contributed by atoms with E-state index in [9.17, 15) is 4.79 Å². The van der Waals surface area contributed by atoms with E-state index in [0.717, 1.165) is 12.1 Å². The molecule has 1 aromatic carbocycles. The molecule has 3 N–H and O–H groups in total. The molecule has 0 saturated heterocycles. The van der Waals surface area contributed by atoms with E-state index in [-0.39, 0.29) is 6.61 Å². The Labute approximate surface area is 107 Å². The van der Waals surface area contributed by atoms with Crippen LogP contribution in [0.5, 0.6) is 11.5 Å². The Kier molecular flexibility index (Phi) is 5.73. The van der Waals surface area contributed by atoms with Crippen LogP contribution < -0.4 is 20.5 Å². The molecule has 0 aliphatic carbocycles. The molecule has 0 heterocycles. The lowest BCUT2D eigenvalue weighted by Crippen LogP contribution is -2.20. The van der Waals surface area contributed by atoms with Crippen LogP contribution in [0.3, 0.4) is 0 Å². The van der Waals surface area contributed by atoms with Crippen LogP contribution in [0.1, 0.15) is 5.56 Å². The average Bonchev–Trinajstić information content (AvgIpc) is 2.37. The molecule has 0 radical (unpaired) electrons. The number of methoxy groups -OCH3 is 1. The number of hydrogen-bond acceptors (Lipinski definition) is 4. The minimum Gasteiger partial charge on any atom is -0.493 e. The van der Waals surface area contributed by atoms with Crippen molar-refractivity contribution in [3.05, 3.63) is 29.8 Å². The average molecular weight is 250 g/mol. The first-order valence-corrected chi connectivity index (χ1v) is 5.57. The molecule has 0 saturated carbocycles. The van der Waals surface area contributed by atoms with Gasteiger partial charge in [-0.1, -0.05) is 18.2 Å². The summed E-state index contributed by atoms with van der Waals surface area (Å²) >= 11 is 0. The Hall–Kier alpha value is -2.01. The predicted molar refractivity (Wildman–Crippen MR) is 70.6 cm³/mol. The van der Waals surface area contributed by atoms with E-state index >= 15 is 0 Å². The molecule has 0 atom stereocenters. The first kappa shape index (κ1) is 14.1. The monoisotopic (exact) mass is 250 g/mol. The first-order valence-electron chi connectivity index (χ1n) is 5.57. The Balaban J connectivity index is 2.79. The Morgan fingerprint density at radius 2 is 2.22 bits per heavy atom. The number of nitrogens with two attached hydrogens (primary N) is 1. The van der Waals surface area contributed by atoms with Crippen molar-refractivity contribution in [1.29, 1.82) is 0 Å². The van der Waals surface area contributed by atoms with Crippen LogP contribution in [0, 0.1) is 0 Å². The summed E-state index contributed by atoms with van der Waals surface area (Å²) in [6.45, 7) is 0.632. The molecule has 0 aliphatic rings. The summed E-state index contributed by atoms with van der Waals surface area (Å²) in [7, 11) is 3.43. The van der Waals surface area contributed by atoms with Gasteiger partial charge < -0.3 is 20.5 Å². The van der Waals surface area contributed by atoms with Gasteiger partial charge in [0.05, 0.1) is 7.11 Å². The van der Waals surface area contributed by atoms with Crippen LogP contribution in [0.15, 0.2) is 24.3 Å². The van der Waals surface area contributed by atoms with Crippen molar-refractivity contribution < 1.29 is 14.3 Å². The van der Waals surface area contributed by atoms with Gasteiger partial charge in [-0.3, -0.25) is 4.79 Å². The van der Waals surface area contributed by atoms with Gasteiger partial charge in [-0.25, -0.2) is 0 Å². The molecule has 0 spiro atoms. The molecule has 0 bridgehead atoms. The van der Waals surface area contributed by atoms with Gasteiger partial charge in [0.2, 0.25) is 0 Å². The standard InChI is InChI=1S/C13H18N2O3/c1-15-7-3-4-10-5-6-11(12(8-10)17-2)18-9-13(14)16/h3-6,8,15H,7,9H2,1-2H3,(H2,14,16). The third kappa shape index (κ3) is 4.47. The van der Waals surface area contributed by atoms with Gasteiger partial charge >= 0.3 is 0 Å². The van der Waals surface area contributed by atoms with Crippen LogP contribution >= 0.6 is 0 Å². The lowest BCUT2D eigenvalue weighted by atomic mass is 10.2. The summed E-state index contributed by atoms with van der Waals surface area (Å²) in [6.07, 6.45) is 3.97. The zero-order chi connectivity index (χ0) is 13.4. The Morgan fingerprint density at radius 1 is 1.44 bits per heavy atom. The summed E-state index contributed by atoms with van der Waals surface area (Å²) in [6, 6.07) is 5.47. The molecule has 5 nitrogen and oxygen atoms in total. The number of amides is 1. The maximum Gasteiger partial charge on any atom is 0.255 e. The number of hydrogen-bond donors (Lipinski definition) is 2. The molecule has 5 heteroatoms. The van der Waals surface area contributed by atoms with E-state index in [0.29, 0.717) is 11.5 Å². The number of primary amides is 1. The van der Waals surface area contributed by atoms with Crippen molar-refractivity contribution >= 4 is 12.0 Å². The molecule has 1 amide bonds. The van der Waals surface area contributed by atoms with E-state index in [4.69, 9.17) is 15.2 Å². The van der Waals surface area contributed by atoms with Gasteiger partial charge in [0.15, 0.2) is 18.1 Å². The van der Waals surface area contributed by atoms with Gasteiger partial charge in [0, 0.05) is 6.54 Å². The number of likely N-dealkylation sites (N-methyl/N-ethyl adjacent to an activating group) is 1. The topological polar surface area (TPSA) is 73.6 Å². The third-order valence-corrected chi connectivity index (χ3v) is 2.19. The van der Waals surface area contributed by atoms with Gasteiger partial charge in [-0.05, 0) is 24.7 Å². The molecule has 0 unspecified atom stereocenters. The molecular formula is C13H18N2O3. The number of carbonyl (C=O) groups is 1. The second-order valence-electron chi connectivity index (χ2n) is 3.63. The van der Waals surface area contributed by atoms with E-state index in [1.807, 2.05) is 31.3 Å². The SMILES string of the molecule is CNCC=Cc1ccc(OCC(N)=O)c(OC)c1. The molecule has 18 heavy (non-hydrogen) atoms. The Morgan fingerprint density at radius 3 is 2.83 bits per heavy atom. The van der Waals surface area contributed by atoms with Crippen molar-refractivity contribution in [2.75, 3.05) is 27.3 Å². The van der Waals surface area contributed by atoms with Crippen molar-refractivity contribution in [2.24, 2.45) is 5.73 Å². The van der Waals surface area contributed by atoms with E-state index in [1.54, 1.807) is 13.2 Å². The summed E-state index contributed by atoms with van der Waals surface area (Å²) in [4.78, 5) is 10.7. The number of benzene rings is 1. The molecule has 98 valence electrons. The second kappa shape index (κ2) is 7.34. The maximum absolute atomic E-state index is 10.7. The van der Waals surface area contributed by atoms with Crippen molar-refractivity contribution in [3.63, 3.8) is 0 Å². The highest BCUT2D eigenvalue weighted by Gasteiger charge is 2.05. The fourth-order valence-corrected chi connectivity index (χ4v) is 1.37. The number of ether oxygens (including phenoxy) is 2. The highest BCUT2D eigenvalue weighted by atomic mass is 16.5. The van der Waals surface area contributed by atoms with Crippen LogP contribution in [0.25, 0.3) is 6.08 Å². The van der Waals surface area contributed by atoms with E-state index in [2.05, 4.69) is 5.32 Å². The normalized spacial score (nSPS) is 10.6. The minimum absolute atomic E-state index is 0.161. The largest absolute Gasteiger partial charge is 0.493 e. The third-order valence-electron chi connectivity index (χ3n) is 2.19. The van der Waals surface area contributed by atoms with Crippen molar-refractivity contribution in [2.45, 2.75) is 0 Å². The zero-order valence-electron chi connectivity index (χ0n) is 10.6. The molecular weight excluding hydrogens is 232 g/mol. The molecule has 0 aromatic heterocycles. The highest BCUT2D eigenvalue weighted by Crippen LogP contribution is 2.28. The molecule has 1 rings (SSSR count). The fourth-order valence-electron chi connectivity index (χ4n) is 1.37. The Bertz CT molecular complexity index is 430. The summed E-state index contributed by atoms with van der Waals surface area (Å²) in [5, 5.41) is 3.02. The highest BCUT2D eigenvalue weighted by molar-refractivity contribution is 5.75. The molecule has 0 aliphatic heterocycles. The zero-order valence-corrected chi connectivity index (χ0v) is 10.6. The molecule has 1 aromatic rings. The van der Waals surface area contributed by atoms with E-state index in [1.165, 1.54) is 0 Å². The summed E-state index contributed by atoms with van der Waals surface area (Å²) in [5.41, 5.74) is 6.01. The van der Waals surface area contributed by atoms with Gasteiger partial charge in [0.1, 0.15) is 0 Å². The second-order valence-corrected chi connectivity index (χ2v) is 3.63. The smallest absolute Gasteiger partial charge is 0.255 e. The van der Waals surface area contributed by atoms with Gasteiger partial charge in [-0.2, -0.15) is 0 Å². The van der Waals surface area contributed by atoms with Gasteiger partial charge in [0.25, 0.3) is 5.91 Å². The number of nitrogens with one attached hydrogen (secondary N) is 1. The fraction of sp³-hybridized carbons (Fsp3) is 0.308. The van der Waals surface area contributed by atoms with Crippen molar-refractivity contribution in [1.82, 2.24) is 5.32 Å². The number of rotatable bonds is 7. The minimum atomic E-state index is -0.518. The van der Waals surface area contributed by atoms with Crippen LogP contribution in [-0.2, 0) is 4.79 Å². The summed E-state index contributed by atoms with van der Waals surface area (Å²) in [5.74, 6) is 0.556. The van der Waals surface area contributed by atoms with Gasteiger partial charge in [-0.15, -0.1) is 0 Å². The van der Waals surface area contributed by atoms with Crippen LogP contribution in [0.4, 0.5) is 0 Å². The van der Waals surface area contributed by atoms with E-state index < -0.39 is 5.91 Å². The van der Waals surface area contributed by atoms with Crippen LogP contribution in [0.2, 0.25) is 0 Å². The summed E-state index contributed by atoms with van der Waals surface area (Å²) < 4.78 is 10.4. The van der Waals surface area contributed by atoms with Crippen molar-refractivity contribution in [3.8, 4) is 11.5 Å². The lowest BCUT2D eigenvalue weighted by molar-refractivity contribution is -0.119. The molecule has 0 fully saturated rings. The quantitative estimate of drug-likeness (QED) is 0.750.